The van der Waals surface area contributed by atoms with Gasteiger partial charge in [-0.25, -0.2) is 4.98 Å². The van der Waals surface area contributed by atoms with Crippen molar-refractivity contribution in [1.82, 2.24) is 4.98 Å². The standard InChI is InChI=1S/C26H18Cl2N2OS2/c27-21-9-4-10-22(28)20(21)15-32-26-30-23-12-11-18(14-24(23)33-26)29-25(31)13-17-7-3-6-16-5-1-2-8-19(16)17/h1-12,14H,13,15H2,(H,29,31). The van der Waals surface area contributed by atoms with Crippen LogP contribution in [0.2, 0.25) is 10.0 Å². The number of amides is 1. The number of nitrogens with one attached hydrogen (secondary N) is 1. The molecule has 0 aliphatic heterocycles. The summed E-state index contributed by atoms with van der Waals surface area (Å²) in [5, 5.41) is 6.59. The first-order valence-corrected chi connectivity index (χ1v) is 12.9. The molecule has 0 saturated carbocycles. The topological polar surface area (TPSA) is 42.0 Å². The fourth-order valence-corrected chi connectivity index (χ4v) is 6.52. The fourth-order valence-electron chi connectivity index (χ4n) is 3.67. The Hall–Kier alpha value is -2.57. The number of anilines is 1. The Balaban J connectivity index is 1.29. The van der Waals surface area contributed by atoms with E-state index in [1.807, 2.05) is 60.7 Å². The van der Waals surface area contributed by atoms with E-state index >= 15 is 0 Å². The van der Waals surface area contributed by atoms with Crippen LogP contribution in [0.3, 0.4) is 0 Å². The van der Waals surface area contributed by atoms with E-state index in [-0.39, 0.29) is 5.91 Å². The van der Waals surface area contributed by atoms with Gasteiger partial charge in [-0.15, -0.1) is 11.3 Å². The molecule has 1 aromatic heterocycles. The van der Waals surface area contributed by atoms with E-state index in [1.165, 1.54) is 0 Å². The summed E-state index contributed by atoms with van der Waals surface area (Å²) in [4.78, 5) is 17.4. The molecular weight excluding hydrogens is 491 g/mol. The maximum Gasteiger partial charge on any atom is 0.228 e. The minimum absolute atomic E-state index is 0.0434. The SMILES string of the molecule is O=C(Cc1cccc2ccccc12)Nc1ccc2nc(SCc3c(Cl)cccc3Cl)sc2c1. The Morgan fingerprint density at radius 1 is 0.939 bits per heavy atom. The van der Waals surface area contributed by atoms with Gasteiger partial charge in [-0.05, 0) is 52.2 Å². The minimum atomic E-state index is -0.0434. The molecule has 0 fully saturated rings. The highest BCUT2D eigenvalue weighted by molar-refractivity contribution is 8.00. The molecule has 164 valence electrons. The zero-order valence-corrected chi connectivity index (χ0v) is 20.5. The van der Waals surface area contributed by atoms with E-state index in [0.717, 1.165) is 42.1 Å². The second-order valence-corrected chi connectivity index (χ2v) is 10.6. The molecule has 0 bridgehead atoms. The molecule has 0 unspecified atom stereocenters. The van der Waals surface area contributed by atoms with E-state index in [0.29, 0.717) is 22.2 Å². The number of rotatable bonds is 6. The van der Waals surface area contributed by atoms with Crippen molar-refractivity contribution in [1.29, 1.82) is 0 Å². The number of carbonyl (C=O) groups is 1. The largest absolute Gasteiger partial charge is 0.326 e. The summed E-state index contributed by atoms with van der Waals surface area (Å²) in [7, 11) is 0. The number of halogens is 2. The van der Waals surface area contributed by atoms with Gasteiger partial charge in [0.1, 0.15) is 0 Å². The molecule has 0 aliphatic carbocycles. The molecule has 0 atom stereocenters. The molecule has 7 heteroatoms. The van der Waals surface area contributed by atoms with Crippen molar-refractivity contribution in [2.24, 2.45) is 0 Å². The van der Waals surface area contributed by atoms with Gasteiger partial charge < -0.3 is 5.32 Å². The van der Waals surface area contributed by atoms with Crippen molar-refractivity contribution in [2.75, 3.05) is 5.32 Å². The summed E-state index contributed by atoms with van der Waals surface area (Å²) in [5.74, 6) is 0.602. The number of benzene rings is 4. The predicted molar refractivity (Wildman–Crippen MR) is 142 cm³/mol. The van der Waals surface area contributed by atoms with E-state index in [2.05, 4.69) is 23.5 Å². The van der Waals surface area contributed by atoms with Crippen LogP contribution in [0.1, 0.15) is 11.1 Å². The van der Waals surface area contributed by atoms with Crippen molar-refractivity contribution in [3.05, 3.63) is 100 Å². The number of carbonyl (C=O) groups excluding carboxylic acids is 1. The molecule has 4 aromatic carbocycles. The van der Waals surface area contributed by atoms with E-state index in [1.54, 1.807) is 23.1 Å². The molecule has 5 rings (SSSR count). The third kappa shape index (κ3) is 5.02. The first-order valence-electron chi connectivity index (χ1n) is 10.3. The number of aromatic nitrogens is 1. The highest BCUT2D eigenvalue weighted by Crippen LogP contribution is 2.36. The molecule has 0 aliphatic rings. The molecule has 1 heterocycles. The highest BCUT2D eigenvalue weighted by Gasteiger charge is 2.11. The summed E-state index contributed by atoms with van der Waals surface area (Å²) in [6.07, 6.45) is 0.321. The van der Waals surface area contributed by atoms with E-state index in [4.69, 9.17) is 28.2 Å². The Morgan fingerprint density at radius 2 is 1.70 bits per heavy atom. The van der Waals surface area contributed by atoms with Crippen molar-refractivity contribution in [3.8, 4) is 0 Å². The molecule has 33 heavy (non-hydrogen) atoms. The monoisotopic (exact) mass is 508 g/mol. The van der Waals surface area contributed by atoms with Gasteiger partial charge in [0.15, 0.2) is 4.34 Å². The fraction of sp³-hybridized carbons (Fsp3) is 0.0769. The zero-order valence-electron chi connectivity index (χ0n) is 17.3. The first-order chi connectivity index (χ1) is 16.1. The maximum absolute atomic E-state index is 12.7. The van der Waals surface area contributed by atoms with E-state index in [9.17, 15) is 4.79 Å². The van der Waals surface area contributed by atoms with Gasteiger partial charge in [-0.2, -0.15) is 0 Å². The molecule has 1 N–H and O–H groups in total. The van der Waals surface area contributed by atoms with Gasteiger partial charge in [-0.1, -0.05) is 83.5 Å². The van der Waals surface area contributed by atoms with Crippen LogP contribution < -0.4 is 5.32 Å². The summed E-state index contributed by atoms with van der Waals surface area (Å²) in [6.45, 7) is 0. The second-order valence-electron chi connectivity index (χ2n) is 7.51. The lowest BCUT2D eigenvalue weighted by molar-refractivity contribution is -0.115. The number of nitrogens with zero attached hydrogens (tertiary/aromatic N) is 1. The summed E-state index contributed by atoms with van der Waals surface area (Å²) >= 11 is 15.7. The van der Waals surface area contributed by atoms with Crippen molar-refractivity contribution in [3.63, 3.8) is 0 Å². The third-order valence-corrected chi connectivity index (χ3v) is 8.18. The maximum atomic E-state index is 12.7. The summed E-state index contributed by atoms with van der Waals surface area (Å²) in [6, 6.07) is 25.5. The number of thioether (sulfide) groups is 1. The smallest absolute Gasteiger partial charge is 0.228 e. The molecule has 5 aromatic rings. The molecule has 0 saturated heterocycles. The van der Waals surface area contributed by atoms with Crippen LogP contribution in [0.4, 0.5) is 5.69 Å². The Morgan fingerprint density at radius 3 is 2.55 bits per heavy atom. The van der Waals surface area contributed by atoms with Crippen molar-refractivity contribution >= 4 is 78.9 Å². The van der Waals surface area contributed by atoms with Crippen LogP contribution in [0.25, 0.3) is 21.0 Å². The predicted octanol–water partition coefficient (Wildman–Crippen LogP) is 8.23. The average Bonchev–Trinajstić information content (AvgIpc) is 3.21. The average molecular weight is 509 g/mol. The van der Waals surface area contributed by atoms with E-state index < -0.39 is 0 Å². The Labute approximate surface area is 209 Å². The second kappa shape index (κ2) is 9.74. The lowest BCUT2D eigenvalue weighted by Gasteiger charge is -2.08. The Bertz CT molecular complexity index is 1460. The van der Waals surface area contributed by atoms with Crippen LogP contribution in [0.5, 0.6) is 0 Å². The number of hydrogen-bond acceptors (Lipinski definition) is 4. The lowest BCUT2D eigenvalue weighted by Crippen LogP contribution is -2.14. The van der Waals surface area contributed by atoms with Gasteiger partial charge in [0, 0.05) is 21.5 Å². The summed E-state index contributed by atoms with van der Waals surface area (Å²) in [5.41, 5.74) is 3.59. The van der Waals surface area contributed by atoms with Gasteiger partial charge in [0.05, 0.1) is 16.6 Å². The van der Waals surface area contributed by atoms with Crippen molar-refractivity contribution in [2.45, 2.75) is 16.5 Å². The first kappa shape index (κ1) is 22.2. The zero-order chi connectivity index (χ0) is 22.8. The van der Waals surface area contributed by atoms with Gasteiger partial charge in [-0.3, -0.25) is 4.79 Å². The molecule has 0 radical (unpaired) electrons. The van der Waals surface area contributed by atoms with Gasteiger partial charge in [0.25, 0.3) is 0 Å². The quantitative estimate of drug-likeness (QED) is 0.235. The summed E-state index contributed by atoms with van der Waals surface area (Å²) < 4.78 is 1.95. The molecule has 1 amide bonds. The van der Waals surface area contributed by atoms with Gasteiger partial charge in [0.2, 0.25) is 5.91 Å². The van der Waals surface area contributed by atoms with Crippen LogP contribution in [0, 0.1) is 0 Å². The highest BCUT2D eigenvalue weighted by atomic mass is 35.5. The van der Waals surface area contributed by atoms with Crippen LogP contribution in [-0.2, 0) is 17.0 Å². The molecule has 0 spiro atoms. The lowest BCUT2D eigenvalue weighted by atomic mass is 10.0. The molecular formula is C26H18Cl2N2OS2. The van der Waals surface area contributed by atoms with Crippen LogP contribution in [-0.4, -0.2) is 10.9 Å². The third-order valence-electron chi connectivity index (χ3n) is 5.29. The van der Waals surface area contributed by atoms with Crippen LogP contribution in [0.15, 0.2) is 83.2 Å². The normalized spacial score (nSPS) is 11.2. The number of fused-ring (bicyclic) bond motifs is 2. The minimum Gasteiger partial charge on any atom is -0.326 e. The number of thiazole rings is 1. The number of hydrogen-bond donors (Lipinski definition) is 1. The van der Waals surface area contributed by atoms with Gasteiger partial charge >= 0.3 is 0 Å². The molecule has 3 nitrogen and oxygen atoms in total. The Kier molecular flexibility index (Phi) is 6.56. The van der Waals surface area contributed by atoms with Crippen LogP contribution >= 0.6 is 46.3 Å². The van der Waals surface area contributed by atoms with Crippen molar-refractivity contribution < 1.29 is 4.79 Å².